The van der Waals surface area contributed by atoms with Gasteiger partial charge in [0.1, 0.15) is 12.2 Å². The molecule has 3 saturated carbocycles. The molecule has 0 aromatic carbocycles. The number of aliphatic hydroxyl groups is 1. The van der Waals surface area contributed by atoms with E-state index in [1.165, 1.54) is 5.57 Å². The van der Waals surface area contributed by atoms with Gasteiger partial charge in [-0.15, -0.1) is 0 Å². The number of fused-ring (bicyclic) bond motifs is 5. The fourth-order valence-electron chi connectivity index (χ4n) is 7.49. The zero-order valence-corrected chi connectivity index (χ0v) is 16.2. The van der Waals surface area contributed by atoms with E-state index >= 15 is 0 Å². The molecule has 4 unspecified atom stereocenters. The first-order valence-electron chi connectivity index (χ1n) is 10.3. The second-order valence-corrected chi connectivity index (χ2v) is 9.83. The fraction of sp³-hybridized carbons (Fsp3) is 0.773. The van der Waals surface area contributed by atoms with Gasteiger partial charge in [0.25, 0.3) is 0 Å². The van der Waals surface area contributed by atoms with Crippen molar-refractivity contribution in [3.8, 4) is 0 Å². The standard InChI is InChI=1S/C22H30O5/c1-21-8-7-13(23)9-12(21)3-4-14-15-5-6-16(17(24)10-19(26)27)22(15,2)11-18(25)20(14)21/h9,14-16,18,20,25H,3-8,10-11H2,1-2H3,(H,26,27)/t14?,15?,16?,18-,20?,21-,22-/m0/s1. The van der Waals surface area contributed by atoms with Crippen LogP contribution in [0.5, 0.6) is 0 Å². The number of aliphatic carboxylic acids is 1. The van der Waals surface area contributed by atoms with E-state index < -0.39 is 18.5 Å². The van der Waals surface area contributed by atoms with Gasteiger partial charge in [-0.25, -0.2) is 0 Å². The number of aliphatic hydroxyl groups excluding tert-OH is 1. The number of carboxylic acids is 1. The number of ketones is 2. The predicted molar refractivity (Wildman–Crippen MR) is 98.8 cm³/mol. The summed E-state index contributed by atoms with van der Waals surface area (Å²) in [5.74, 6) is -0.460. The van der Waals surface area contributed by atoms with Crippen molar-refractivity contribution in [1.82, 2.24) is 0 Å². The van der Waals surface area contributed by atoms with Crippen LogP contribution in [0.25, 0.3) is 0 Å². The van der Waals surface area contributed by atoms with Gasteiger partial charge in [-0.2, -0.15) is 0 Å². The van der Waals surface area contributed by atoms with Crippen molar-refractivity contribution in [2.24, 2.45) is 34.5 Å². The lowest BCUT2D eigenvalue weighted by molar-refractivity contribution is -0.149. The third kappa shape index (κ3) is 2.72. The van der Waals surface area contributed by atoms with E-state index in [0.717, 1.165) is 32.1 Å². The second kappa shape index (κ2) is 6.26. The van der Waals surface area contributed by atoms with Gasteiger partial charge >= 0.3 is 5.97 Å². The van der Waals surface area contributed by atoms with Gasteiger partial charge in [-0.1, -0.05) is 19.4 Å². The van der Waals surface area contributed by atoms with Crippen LogP contribution in [0.4, 0.5) is 0 Å². The Hall–Kier alpha value is -1.49. The Kier molecular flexibility index (Phi) is 4.37. The molecule has 0 radical (unpaired) electrons. The maximum absolute atomic E-state index is 12.6. The fourth-order valence-corrected chi connectivity index (χ4v) is 7.49. The lowest BCUT2D eigenvalue weighted by Crippen LogP contribution is -2.57. The van der Waals surface area contributed by atoms with E-state index in [1.54, 1.807) is 0 Å². The molecule has 0 aromatic heterocycles. The maximum atomic E-state index is 12.6. The minimum absolute atomic E-state index is 0.124. The molecule has 3 fully saturated rings. The van der Waals surface area contributed by atoms with E-state index in [0.29, 0.717) is 24.7 Å². The zero-order chi connectivity index (χ0) is 19.6. The average Bonchev–Trinajstić information content (AvgIpc) is 2.91. The third-order valence-corrected chi connectivity index (χ3v) is 8.61. The lowest BCUT2D eigenvalue weighted by atomic mass is 9.46. The number of carbonyl (C=O) groups is 3. The van der Waals surface area contributed by atoms with Crippen molar-refractivity contribution in [3.05, 3.63) is 11.6 Å². The summed E-state index contributed by atoms with van der Waals surface area (Å²) < 4.78 is 0. The van der Waals surface area contributed by atoms with Crippen LogP contribution in [0, 0.1) is 34.5 Å². The highest BCUT2D eigenvalue weighted by Crippen LogP contribution is 2.66. The van der Waals surface area contributed by atoms with Crippen molar-refractivity contribution in [2.75, 3.05) is 0 Å². The van der Waals surface area contributed by atoms with Gasteiger partial charge in [0.2, 0.25) is 0 Å². The SMILES string of the molecule is C[C@]12C[C@H](O)C3C(CCC4=CC(=O)CC[C@@]43C)C1CCC2C(=O)CC(=O)O. The summed E-state index contributed by atoms with van der Waals surface area (Å²) in [6.45, 7) is 4.32. The molecule has 0 heterocycles. The number of allylic oxidation sites excluding steroid dienone is 1. The minimum Gasteiger partial charge on any atom is -0.481 e. The van der Waals surface area contributed by atoms with Gasteiger partial charge in [0, 0.05) is 12.3 Å². The summed E-state index contributed by atoms with van der Waals surface area (Å²) in [4.78, 5) is 35.6. The molecular weight excluding hydrogens is 344 g/mol. The van der Waals surface area contributed by atoms with Crippen LogP contribution in [0.15, 0.2) is 11.6 Å². The molecule has 27 heavy (non-hydrogen) atoms. The molecule has 4 aliphatic carbocycles. The summed E-state index contributed by atoms with van der Waals surface area (Å²) in [5, 5.41) is 20.3. The van der Waals surface area contributed by atoms with Crippen LogP contribution in [0.2, 0.25) is 0 Å². The van der Waals surface area contributed by atoms with Crippen LogP contribution >= 0.6 is 0 Å². The summed E-state index contributed by atoms with van der Waals surface area (Å²) >= 11 is 0. The highest BCUT2D eigenvalue weighted by molar-refractivity contribution is 5.96. The van der Waals surface area contributed by atoms with Crippen molar-refractivity contribution in [3.63, 3.8) is 0 Å². The molecular formula is C22H30O5. The number of carboxylic acid groups (broad SMARTS) is 1. The summed E-state index contributed by atoms with van der Waals surface area (Å²) in [6, 6.07) is 0. The molecule has 0 bridgehead atoms. The van der Waals surface area contributed by atoms with E-state index in [1.807, 2.05) is 6.08 Å². The summed E-state index contributed by atoms with van der Waals surface area (Å²) in [7, 11) is 0. The molecule has 0 aromatic rings. The Labute approximate surface area is 160 Å². The van der Waals surface area contributed by atoms with Crippen LogP contribution in [-0.4, -0.2) is 33.9 Å². The molecule has 5 heteroatoms. The number of carbonyl (C=O) groups excluding carboxylic acids is 2. The van der Waals surface area contributed by atoms with Crippen molar-refractivity contribution in [1.29, 1.82) is 0 Å². The highest BCUT2D eigenvalue weighted by Gasteiger charge is 2.62. The first kappa shape index (κ1) is 18.9. The summed E-state index contributed by atoms with van der Waals surface area (Å²) in [5.41, 5.74) is 0.773. The molecule has 5 nitrogen and oxygen atoms in total. The highest BCUT2D eigenvalue weighted by atomic mass is 16.4. The molecule has 0 saturated heterocycles. The molecule has 2 N–H and O–H groups in total. The van der Waals surface area contributed by atoms with Gasteiger partial charge in [0.05, 0.1) is 6.10 Å². The Morgan fingerprint density at radius 2 is 1.93 bits per heavy atom. The van der Waals surface area contributed by atoms with Crippen LogP contribution in [-0.2, 0) is 14.4 Å². The van der Waals surface area contributed by atoms with E-state index in [9.17, 15) is 19.5 Å². The smallest absolute Gasteiger partial charge is 0.310 e. The van der Waals surface area contributed by atoms with Crippen molar-refractivity contribution in [2.45, 2.75) is 71.3 Å². The average molecular weight is 374 g/mol. The lowest BCUT2D eigenvalue weighted by Gasteiger charge is -2.59. The molecule has 4 rings (SSSR count). The Morgan fingerprint density at radius 1 is 1.19 bits per heavy atom. The maximum Gasteiger partial charge on any atom is 0.310 e. The van der Waals surface area contributed by atoms with Gasteiger partial charge in [-0.3, -0.25) is 14.4 Å². The third-order valence-electron chi connectivity index (χ3n) is 8.61. The Balaban J connectivity index is 1.65. The normalized spacial score (nSPS) is 46.1. The monoisotopic (exact) mass is 374 g/mol. The van der Waals surface area contributed by atoms with Gasteiger partial charge < -0.3 is 10.2 Å². The van der Waals surface area contributed by atoms with E-state index in [2.05, 4.69) is 13.8 Å². The van der Waals surface area contributed by atoms with Gasteiger partial charge in [-0.05, 0) is 73.2 Å². The Bertz CT molecular complexity index is 724. The quantitative estimate of drug-likeness (QED) is 0.741. The molecule has 7 atom stereocenters. The van der Waals surface area contributed by atoms with E-state index in [-0.39, 0.29) is 34.2 Å². The van der Waals surface area contributed by atoms with Gasteiger partial charge in [0.15, 0.2) is 5.78 Å². The van der Waals surface area contributed by atoms with Crippen molar-refractivity contribution >= 4 is 17.5 Å². The summed E-state index contributed by atoms with van der Waals surface area (Å²) in [6.07, 6.45) is 6.36. The molecule has 148 valence electrons. The van der Waals surface area contributed by atoms with Crippen LogP contribution < -0.4 is 0 Å². The molecule has 0 aliphatic heterocycles. The first-order chi connectivity index (χ1) is 12.7. The van der Waals surface area contributed by atoms with Crippen LogP contribution in [0.1, 0.15) is 65.2 Å². The molecule has 4 aliphatic rings. The zero-order valence-electron chi connectivity index (χ0n) is 16.2. The second-order valence-electron chi connectivity index (χ2n) is 9.83. The largest absolute Gasteiger partial charge is 0.481 e. The van der Waals surface area contributed by atoms with Crippen LogP contribution in [0.3, 0.4) is 0 Å². The van der Waals surface area contributed by atoms with E-state index in [4.69, 9.17) is 5.11 Å². The number of hydrogen-bond acceptors (Lipinski definition) is 4. The molecule has 0 spiro atoms. The predicted octanol–water partition coefficient (Wildman–Crippen LogP) is 3.15. The number of hydrogen-bond donors (Lipinski definition) is 2. The first-order valence-corrected chi connectivity index (χ1v) is 10.3. The van der Waals surface area contributed by atoms with Crippen molar-refractivity contribution < 1.29 is 24.6 Å². The molecule has 0 amide bonds. The number of Topliss-reactive ketones (excluding diaryl/α,β-unsaturated/α-hetero) is 1. The minimum atomic E-state index is -1.06. The number of rotatable bonds is 3. The topological polar surface area (TPSA) is 91.7 Å². The Morgan fingerprint density at radius 3 is 2.63 bits per heavy atom.